The van der Waals surface area contributed by atoms with E-state index in [1.807, 2.05) is 12.1 Å². The summed E-state index contributed by atoms with van der Waals surface area (Å²) in [6, 6.07) is 3.74. The molecule has 0 saturated carbocycles. The highest BCUT2D eigenvalue weighted by Gasteiger charge is 2.17. The molecular weight excluding hydrogens is 282 g/mol. The summed E-state index contributed by atoms with van der Waals surface area (Å²) >= 11 is 1.69. The van der Waals surface area contributed by atoms with Crippen LogP contribution in [0.1, 0.15) is 37.0 Å². The van der Waals surface area contributed by atoms with Gasteiger partial charge >= 0.3 is 0 Å². The molecule has 1 amide bonds. The van der Waals surface area contributed by atoms with Gasteiger partial charge in [0, 0.05) is 36.2 Å². The highest BCUT2D eigenvalue weighted by atomic mass is 32.1. The van der Waals surface area contributed by atoms with Crippen LogP contribution in [0.25, 0.3) is 0 Å². The summed E-state index contributed by atoms with van der Waals surface area (Å²) in [5, 5.41) is 6.14. The lowest BCUT2D eigenvalue weighted by Crippen LogP contribution is -2.27. The highest BCUT2D eigenvalue weighted by Crippen LogP contribution is 2.25. The molecule has 0 aromatic carbocycles. The minimum absolute atomic E-state index is 0.0225. The Morgan fingerprint density at radius 1 is 1.38 bits per heavy atom. The first-order chi connectivity index (χ1) is 9.95. The number of rotatable bonds is 5. The fraction of sp³-hybridized carbons (Fsp3) is 0.438. The quantitative estimate of drug-likeness (QED) is 0.924. The summed E-state index contributed by atoms with van der Waals surface area (Å²) in [6.45, 7) is 7.09. The fourth-order valence-electron chi connectivity index (χ4n) is 1.85. The average molecular weight is 303 g/mol. The number of hydrogen-bond donors (Lipinski definition) is 1. The number of hydrogen-bond acceptors (Lipinski definition) is 4. The van der Waals surface area contributed by atoms with Gasteiger partial charge in [0.05, 0.1) is 17.1 Å². The van der Waals surface area contributed by atoms with E-state index in [0.29, 0.717) is 13.0 Å². The summed E-state index contributed by atoms with van der Waals surface area (Å²) in [6.07, 6.45) is 4.57. The van der Waals surface area contributed by atoms with Gasteiger partial charge in [0.25, 0.3) is 0 Å². The third-order valence-corrected chi connectivity index (χ3v) is 4.30. The Bertz CT molecular complexity index is 587. The van der Waals surface area contributed by atoms with Crippen LogP contribution in [0.4, 0.5) is 0 Å². The van der Waals surface area contributed by atoms with Gasteiger partial charge < -0.3 is 5.32 Å². The molecule has 1 N–H and O–H groups in total. The standard InChI is InChI=1S/C16H21N3OS/c1-16(2,3)15-19-13(11-21-15)6-8-18-14(20)9-12-5-4-7-17-10-12/h4-5,7,10-11H,6,8-9H2,1-3H3,(H,18,20). The van der Waals surface area contributed by atoms with E-state index in [-0.39, 0.29) is 11.3 Å². The molecular formula is C16H21N3OS. The largest absolute Gasteiger partial charge is 0.355 e. The van der Waals surface area contributed by atoms with Crippen LogP contribution in [0.3, 0.4) is 0 Å². The van der Waals surface area contributed by atoms with E-state index < -0.39 is 0 Å². The van der Waals surface area contributed by atoms with Crippen LogP contribution in [-0.2, 0) is 23.1 Å². The van der Waals surface area contributed by atoms with Gasteiger partial charge in [-0.25, -0.2) is 4.98 Å². The Balaban J connectivity index is 1.77. The number of thiazole rings is 1. The summed E-state index contributed by atoms with van der Waals surface area (Å²) < 4.78 is 0. The van der Waals surface area contributed by atoms with Crippen LogP contribution in [0.15, 0.2) is 29.9 Å². The van der Waals surface area contributed by atoms with Gasteiger partial charge in [-0.05, 0) is 11.6 Å². The molecule has 5 heteroatoms. The van der Waals surface area contributed by atoms with Crippen LogP contribution in [0, 0.1) is 0 Å². The minimum Gasteiger partial charge on any atom is -0.355 e. The van der Waals surface area contributed by atoms with Crippen LogP contribution < -0.4 is 5.32 Å². The van der Waals surface area contributed by atoms with Crippen molar-refractivity contribution >= 4 is 17.2 Å². The number of amides is 1. The third-order valence-electron chi connectivity index (χ3n) is 2.98. The topological polar surface area (TPSA) is 54.9 Å². The fourth-order valence-corrected chi connectivity index (χ4v) is 2.79. The van der Waals surface area contributed by atoms with Crippen molar-refractivity contribution in [2.24, 2.45) is 0 Å². The van der Waals surface area contributed by atoms with Crippen molar-refractivity contribution in [1.82, 2.24) is 15.3 Å². The molecule has 2 aromatic heterocycles. The van der Waals surface area contributed by atoms with Gasteiger partial charge in [-0.3, -0.25) is 9.78 Å². The van der Waals surface area contributed by atoms with Crippen LogP contribution in [0.5, 0.6) is 0 Å². The maximum atomic E-state index is 11.8. The van der Waals surface area contributed by atoms with E-state index in [0.717, 1.165) is 22.7 Å². The van der Waals surface area contributed by atoms with Crippen molar-refractivity contribution in [1.29, 1.82) is 0 Å². The van der Waals surface area contributed by atoms with Gasteiger partial charge in [-0.15, -0.1) is 11.3 Å². The summed E-state index contributed by atoms with van der Waals surface area (Å²) in [5.74, 6) is 0.0225. The second-order valence-corrected chi connectivity index (χ2v) is 6.89. The van der Waals surface area contributed by atoms with Crippen molar-refractivity contribution in [3.05, 3.63) is 46.2 Å². The van der Waals surface area contributed by atoms with Crippen molar-refractivity contribution in [3.8, 4) is 0 Å². The minimum atomic E-state index is 0.0225. The Kier molecular flexibility index (Phi) is 5.07. The molecule has 0 aliphatic rings. The molecule has 0 saturated heterocycles. The van der Waals surface area contributed by atoms with E-state index in [9.17, 15) is 4.79 Å². The molecule has 2 heterocycles. The van der Waals surface area contributed by atoms with Gasteiger partial charge in [0.2, 0.25) is 5.91 Å². The molecule has 0 bridgehead atoms. The molecule has 0 aliphatic carbocycles. The number of nitrogens with one attached hydrogen (secondary N) is 1. The first kappa shape index (κ1) is 15.6. The lowest BCUT2D eigenvalue weighted by Gasteiger charge is -2.13. The number of carbonyl (C=O) groups excluding carboxylic acids is 1. The first-order valence-electron chi connectivity index (χ1n) is 7.05. The van der Waals surface area contributed by atoms with Gasteiger partial charge in [-0.1, -0.05) is 26.8 Å². The Hall–Kier alpha value is -1.75. The molecule has 0 atom stereocenters. The zero-order chi connectivity index (χ0) is 15.3. The Morgan fingerprint density at radius 3 is 2.81 bits per heavy atom. The smallest absolute Gasteiger partial charge is 0.224 e. The van der Waals surface area contributed by atoms with Crippen LogP contribution in [-0.4, -0.2) is 22.4 Å². The van der Waals surface area contributed by atoms with Gasteiger partial charge in [0.1, 0.15) is 0 Å². The average Bonchev–Trinajstić information content (AvgIpc) is 2.88. The van der Waals surface area contributed by atoms with Gasteiger partial charge in [0.15, 0.2) is 0 Å². The van der Waals surface area contributed by atoms with Crippen molar-refractivity contribution in [2.75, 3.05) is 6.54 Å². The first-order valence-corrected chi connectivity index (χ1v) is 7.93. The number of aromatic nitrogens is 2. The summed E-state index contributed by atoms with van der Waals surface area (Å²) in [5.41, 5.74) is 2.07. The van der Waals surface area contributed by atoms with Gasteiger partial charge in [-0.2, -0.15) is 0 Å². The van der Waals surface area contributed by atoms with Crippen LogP contribution in [0.2, 0.25) is 0 Å². The van der Waals surface area contributed by atoms with E-state index in [4.69, 9.17) is 0 Å². The molecule has 2 rings (SSSR count). The number of nitrogens with zero attached hydrogens (tertiary/aromatic N) is 2. The van der Waals surface area contributed by atoms with Crippen molar-refractivity contribution < 1.29 is 4.79 Å². The maximum Gasteiger partial charge on any atom is 0.224 e. The zero-order valence-corrected chi connectivity index (χ0v) is 13.5. The van der Waals surface area contributed by atoms with Crippen molar-refractivity contribution in [3.63, 3.8) is 0 Å². The molecule has 4 nitrogen and oxygen atoms in total. The molecule has 2 aromatic rings. The predicted octanol–water partition coefficient (Wildman–Crippen LogP) is 2.74. The van der Waals surface area contributed by atoms with Crippen molar-refractivity contribution in [2.45, 2.75) is 39.0 Å². The number of pyridine rings is 1. The van der Waals surface area contributed by atoms with Crippen LogP contribution >= 0.6 is 11.3 Å². The Labute approximate surface area is 129 Å². The lowest BCUT2D eigenvalue weighted by atomic mass is 9.98. The third kappa shape index (κ3) is 4.93. The SMILES string of the molecule is CC(C)(C)c1nc(CCNC(=O)Cc2cccnc2)cs1. The molecule has 112 valence electrons. The van der Waals surface area contributed by atoms with E-state index in [1.165, 1.54) is 0 Å². The molecule has 0 unspecified atom stereocenters. The molecule has 0 fully saturated rings. The second-order valence-electron chi connectivity index (χ2n) is 6.03. The predicted molar refractivity (Wildman–Crippen MR) is 85.5 cm³/mol. The molecule has 0 radical (unpaired) electrons. The molecule has 0 aliphatic heterocycles. The number of carbonyl (C=O) groups is 1. The van der Waals surface area contributed by atoms with E-state index >= 15 is 0 Å². The highest BCUT2D eigenvalue weighted by molar-refractivity contribution is 7.09. The summed E-state index contributed by atoms with van der Waals surface area (Å²) in [4.78, 5) is 20.4. The summed E-state index contributed by atoms with van der Waals surface area (Å²) in [7, 11) is 0. The molecule has 21 heavy (non-hydrogen) atoms. The monoisotopic (exact) mass is 303 g/mol. The lowest BCUT2D eigenvalue weighted by molar-refractivity contribution is -0.120. The van der Waals surface area contributed by atoms with E-state index in [2.05, 4.69) is 41.4 Å². The zero-order valence-electron chi connectivity index (χ0n) is 12.7. The second kappa shape index (κ2) is 6.80. The van der Waals surface area contributed by atoms with E-state index in [1.54, 1.807) is 23.7 Å². The molecule has 0 spiro atoms. The Morgan fingerprint density at radius 2 is 2.19 bits per heavy atom. The maximum absolute atomic E-state index is 11.8. The normalized spacial score (nSPS) is 11.4.